The van der Waals surface area contributed by atoms with E-state index < -0.39 is 46.9 Å². The number of β-lactam (4-membered cyclic amide) rings is 1. The first kappa shape index (κ1) is 23.1. The molecule has 1 N–H and O–H groups in total. The van der Waals surface area contributed by atoms with Gasteiger partial charge in [-0.2, -0.15) is 0 Å². The fourth-order valence-electron chi connectivity index (χ4n) is 3.14. The van der Waals surface area contributed by atoms with Gasteiger partial charge in [0.25, 0.3) is 11.8 Å². The van der Waals surface area contributed by atoms with Gasteiger partial charge in [-0.3, -0.25) is 19.3 Å². The SMILES string of the molecule is COC1=C(C(=O)OC(C)(C)C)N2C(=O)[C@H](NC(=O)C(OC(C)=O)c3cccs3)[C@@H]2SC1. The highest BCUT2D eigenvalue weighted by atomic mass is 32.2. The number of fused-ring (bicyclic) bond motifs is 1. The quantitative estimate of drug-likeness (QED) is 0.498. The second-order valence-electron chi connectivity index (χ2n) is 7.88. The number of esters is 2. The predicted molar refractivity (Wildman–Crippen MR) is 114 cm³/mol. The molecule has 9 nitrogen and oxygen atoms in total. The molecule has 3 heterocycles. The van der Waals surface area contributed by atoms with Crippen LogP contribution in [-0.2, 0) is 33.4 Å². The second-order valence-corrected chi connectivity index (χ2v) is 9.96. The summed E-state index contributed by atoms with van der Waals surface area (Å²) in [5, 5.41) is 3.92. The van der Waals surface area contributed by atoms with Crippen molar-refractivity contribution < 1.29 is 33.4 Å². The van der Waals surface area contributed by atoms with Crippen LogP contribution in [0.4, 0.5) is 0 Å². The maximum Gasteiger partial charge on any atom is 0.359 e. The van der Waals surface area contributed by atoms with Crippen LogP contribution < -0.4 is 5.32 Å². The highest BCUT2D eigenvalue weighted by Gasteiger charge is 2.55. The Morgan fingerprint density at radius 2 is 2.00 bits per heavy atom. The summed E-state index contributed by atoms with van der Waals surface area (Å²) in [4.78, 5) is 51.8. The van der Waals surface area contributed by atoms with E-state index in [1.54, 1.807) is 38.3 Å². The lowest BCUT2D eigenvalue weighted by Crippen LogP contribution is -2.71. The number of rotatable bonds is 6. The van der Waals surface area contributed by atoms with Gasteiger partial charge in [-0.1, -0.05) is 6.07 Å². The van der Waals surface area contributed by atoms with Crippen molar-refractivity contribution in [2.75, 3.05) is 12.9 Å². The second kappa shape index (κ2) is 8.91. The number of nitrogens with one attached hydrogen (secondary N) is 1. The van der Waals surface area contributed by atoms with Crippen LogP contribution in [0, 0.1) is 0 Å². The molecule has 0 bridgehead atoms. The lowest BCUT2D eigenvalue weighted by molar-refractivity contribution is -0.161. The highest BCUT2D eigenvalue weighted by Crippen LogP contribution is 2.41. The van der Waals surface area contributed by atoms with Crippen LogP contribution in [0.3, 0.4) is 0 Å². The van der Waals surface area contributed by atoms with E-state index >= 15 is 0 Å². The van der Waals surface area contributed by atoms with Gasteiger partial charge < -0.3 is 19.5 Å². The van der Waals surface area contributed by atoms with E-state index in [0.29, 0.717) is 16.4 Å². The fourth-order valence-corrected chi connectivity index (χ4v) is 5.20. The topological polar surface area (TPSA) is 111 Å². The Hall–Kier alpha value is -2.53. The van der Waals surface area contributed by atoms with E-state index in [2.05, 4.69) is 5.32 Å². The standard InChI is InChI=1S/C20H24N2O7S2/c1-10(23)28-15(12-7-6-8-30-12)16(24)21-13-17(25)22-14(19(26)29-20(2,3)4)11(27-5)9-31-18(13)22/h6-8,13,15,18H,9H2,1-5H3,(H,21,24)/t13-,15?,18-/m0/s1. The lowest BCUT2D eigenvalue weighted by Gasteiger charge is -2.49. The molecule has 0 saturated carbocycles. The Kier molecular flexibility index (Phi) is 6.65. The molecule has 1 aromatic rings. The first-order chi connectivity index (χ1) is 14.5. The van der Waals surface area contributed by atoms with Gasteiger partial charge in [0.2, 0.25) is 6.10 Å². The summed E-state index contributed by atoms with van der Waals surface area (Å²) in [5.41, 5.74) is -0.700. The van der Waals surface area contributed by atoms with Gasteiger partial charge in [0.1, 0.15) is 22.8 Å². The third kappa shape index (κ3) is 4.87. The van der Waals surface area contributed by atoms with Gasteiger partial charge in [0.05, 0.1) is 17.7 Å². The van der Waals surface area contributed by atoms with E-state index in [-0.39, 0.29) is 5.70 Å². The molecular weight excluding hydrogens is 444 g/mol. The monoisotopic (exact) mass is 468 g/mol. The van der Waals surface area contributed by atoms with Gasteiger partial charge in [0, 0.05) is 6.92 Å². The maximum atomic E-state index is 12.9. The zero-order valence-corrected chi connectivity index (χ0v) is 19.4. The van der Waals surface area contributed by atoms with Gasteiger partial charge in [-0.25, -0.2) is 4.79 Å². The Labute approximate surface area is 188 Å². The smallest absolute Gasteiger partial charge is 0.359 e. The minimum atomic E-state index is -1.15. The number of methoxy groups -OCH3 is 1. The molecule has 2 aliphatic rings. The van der Waals surface area contributed by atoms with Crippen LogP contribution in [0.25, 0.3) is 0 Å². The largest absolute Gasteiger partial charge is 0.498 e. The first-order valence-corrected chi connectivity index (χ1v) is 11.4. The van der Waals surface area contributed by atoms with Crippen molar-refractivity contribution in [3.8, 4) is 0 Å². The Balaban J connectivity index is 1.78. The number of carbonyl (C=O) groups excluding carboxylic acids is 4. The van der Waals surface area contributed by atoms with Crippen molar-refractivity contribution in [3.63, 3.8) is 0 Å². The molecule has 1 fully saturated rings. The molecule has 1 unspecified atom stereocenters. The van der Waals surface area contributed by atoms with Gasteiger partial charge in [0.15, 0.2) is 5.70 Å². The molecule has 168 valence electrons. The third-order valence-electron chi connectivity index (χ3n) is 4.39. The van der Waals surface area contributed by atoms with E-state index in [9.17, 15) is 19.2 Å². The molecule has 11 heteroatoms. The number of hydrogen-bond donors (Lipinski definition) is 1. The van der Waals surface area contributed by atoms with E-state index in [1.165, 1.54) is 42.0 Å². The van der Waals surface area contributed by atoms with Crippen molar-refractivity contribution in [2.24, 2.45) is 0 Å². The summed E-state index contributed by atoms with van der Waals surface area (Å²) >= 11 is 2.62. The molecule has 0 radical (unpaired) electrons. The van der Waals surface area contributed by atoms with Crippen LogP contribution in [0.2, 0.25) is 0 Å². The molecule has 1 aromatic heterocycles. The summed E-state index contributed by atoms with van der Waals surface area (Å²) < 4.78 is 15.9. The lowest BCUT2D eigenvalue weighted by atomic mass is 10.0. The van der Waals surface area contributed by atoms with E-state index in [4.69, 9.17) is 14.2 Å². The minimum Gasteiger partial charge on any atom is -0.498 e. The molecule has 0 spiro atoms. The van der Waals surface area contributed by atoms with Gasteiger partial charge in [-0.05, 0) is 32.2 Å². The van der Waals surface area contributed by atoms with E-state index in [1.807, 2.05) is 0 Å². The minimum absolute atomic E-state index is 0.0477. The number of thioether (sulfide) groups is 1. The zero-order chi connectivity index (χ0) is 22.9. The average Bonchev–Trinajstić information content (AvgIpc) is 3.21. The third-order valence-corrected chi connectivity index (χ3v) is 6.56. The van der Waals surface area contributed by atoms with Gasteiger partial charge in [-0.15, -0.1) is 23.1 Å². The Morgan fingerprint density at radius 3 is 2.55 bits per heavy atom. The number of carbonyl (C=O) groups is 4. The molecule has 0 aromatic carbocycles. The molecule has 1 saturated heterocycles. The van der Waals surface area contributed by atoms with Crippen molar-refractivity contribution in [1.82, 2.24) is 10.2 Å². The highest BCUT2D eigenvalue weighted by molar-refractivity contribution is 8.00. The summed E-state index contributed by atoms with van der Waals surface area (Å²) in [6.07, 6.45) is -1.15. The van der Waals surface area contributed by atoms with Crippen LogP contribution in [0.5, 0.6) is 0 Å². The van der Waals surface area contributed by atoms with Crippen molar-refractivity contribution >= 4 is 46.9 Å². The average molecular weight is 469 g/mol. The number of ether oxygens (including phenoxy) is 3. The van der Waals surface area contributed by atoms with Crippen LogP contribution >= 0.6 is 23.1 Å². The van der Waals surface area contributed by atoms with Crippen LogP contribution in [0.15, 0.2) is 29.0 Å². The maximum absolute atomic E-state index is 12.9. The fraction of sp³-hybridized carbons (Fsp3) is 0.500. The van der Waals surface area contributed by atoms with Crippen molar-refractivity contribution in [2.45, 2.75) is 50.8 Å². The molecule has 3 atom stereocenters. The molecule has 2 amide bonds. The predicted octanol–water partition coefficient (Wildman–Crippen LogP) is 1.95. The summed E-state index contributed by atoms with van der Waals surface area (Å²) in [6, 6.07) is 2.55. The molecule has 2 aliphatic heterocycles. The number of hydrogen-bond acceptors (Lipinski definition) is 9. The molecule has 31 heavy (non-hydrogen) atoms. The number of thiophene rings is 1. The number of amides is 2. The summed E-state index contributed by atoms with van der Waals surface area (Å²) in [5.74, 6) is -1.66. The molecule has 3 rings (SSSR count). The van der Waals surface area contributed by atoms with Crippen molar-refractivity contribution in [3.05, 3.63) is 33.8 Å². The van der Waals surface area contributed by atoms with Gasteiger partial charge >= 0.3 is 11.9 Å². The Morgan fingerprint density at radius 1 is 1.29 bits per heavy atom. The zero-order valence-electron chi connectivity index (χ0n) is 17.8. The van der Waals surface area contributed by atoms with Crippen LogP contribution in [-0.4, -0.2) is 58.5 Å². The van der Waals surface area contributed by atoms with Crippen LogP contribution in [0.1, 0.15) is 38.7 Å². The summed E-state index contributed by atoms with van der Waals surface area (Å²) in [7, 11) is 1.43. The molecular formula is C20H24N2O7S2. The summed E-state index contributed by atoms with van der Waals surface area (Å²) in [6.45, 7) is 6.40. The molecule has 0 aliphatic carbocycles. The Bertz CT molecular complexity index is 920. The normalized spacial score (nSPS) is 21.6. The first-order valence-electron chi connectivity index (χ1n) is 9.49. The van der Waals surface area contributed by atoms with E-state index in [0.717, 1.165) is 0 Å². The van der Waals surface area contributed by atoms with Crippen molar-refractivity contribution in [1.29, 1.82) is 0 Å². The number of nitrogens with zero attached hydrogens (tertiary/aromatic N) is 1.